The Morgan fingerprint density at radius 2 is 1.62 bits per heavy atom. The number of nitrogens with zero attached hydrogens (tertiary/aromatic N) is 2. The Labute approximate surface area is 152 Å². The minimum atomic E-state index is -0.0748. The summed E-state index contributed by atoms with van der Waals surface area (Å²) in [5.41, 5.74) is 4.79. The second kappa shape index (κ2) is 6.84. The molecule has 4 rings (SSSR count). The molecule has 1 amide bonds. The van der Waals surface area contributed by atoms with Crippen molar-refractivity contribution in [3.63, 3.8) is 0 Å². The van der Waals surface area contributed by atoms with Gasteiger partial charge in [-0.05, 0) is 31.2 Å². The summed E-state index contributed by atoms with van der Waals surface area (Å²) in [6, 6.07) is 25.6. The van der Waals surface area contributed by atoms with Crippen LogP contribution in [0.25, 0.3) is 22.4 Å². The molecular weight excluding hydrogens is 322 g/mol. The summed E-state index contributed by atoms with van der Waals surface area (Å²) in [6.07, 6.45) is 0. The Balaban J connectivity index is 1.68. The Morgan fingerprint density at radius 3 is 2.38 bits per heavy atom. The first-order valence-corrected chi connectivity index (χ1v) is 8.58. The molecule has 4 heteroatoms. The van der Waals surface area contributed by atoms with Gasteiger partial charge in [0.1, 0.15) is 12.4 Å². The van der Waals surface area contributed by atoms with Crippen LogP contribution < -0.4 is 5.32 Å². The van der Waals surface area contributed by atoms with Gasteiger partial charge in [-0.2, -0.15) is 0 Å². The molecule has 0 fully saturated rings. The molecule has 0 atom stereocenters. The number of aromatic nitrogens is 2. The molecule has 0 spiro atoms. The fourth-order valence-corrected chi connectivity index (χ4v) is 3.02. The van der Waals surface area contributed by atoms with Crippen molar-refractivity contribution in [1.82, 2.24) is 9.55 Å². The van der Waals surface area contributed by atoms with Crippen LogP contribution in [0.15, 0.2) is 78.9 Å². The largest absolute Gasteiger partial charge is 0.325 e. The van der Waals surface area contributed by atoms with E-state index in [1.165, 1.54) is 0 Å². The number of carbonyl (C=O) groups excluding carboxylic acids is 1. The van der Waals surface area contributed by atoms with E-state index in [-0.39, 0.29) is 12.5 Å². The summed E-state index contributed by atoms with van der Waals surface area (Å²) in [6.45, 7) is 2.23. The number of aryl methyl sites for hydroxylation is 1. The van der Waals surface area contributed by atoms with Crippen LogP contribution in [-0.4, -0.2) is 15.5 Å². The average Bonchev–Trinajstić information content (AvgIpc) is 3.03. The van der Waals surface area contributed by atoms with E-state index in [2.05, 4.69) is 5.32 Å². The van der Waals surface area contributed by atoms with Gasteiger partial charge in [-0.3, -0.25) is 4.79 Å². The van der Waals surface area contributed by atoms with Gasteiger partial charge in [-0.1, -0.05) is 60.2 Å². The van der Waals surface area contributed by atoms with Crippen LogP contribution in [0.3, 0.4) is 0 Å². The highest BCUT2D eigenvalue weighted by Gasteiger charge is 2.15. The average molecular weight is 341 g/mol. The number of para-hydroxylation sites is 2. The fourth-order valence-electron chi connectivity index (χ4n) is 3.02. The molecular formula is C22H19N3O. The first-order valence-electron chi connectivity index (χ1n) is 8.58. The van der Waals surface area contributed by atoms with Gasteiger partial charge in [0.15, 0.2) is 0 Å². The van der Waals surface area contributed by atoms with Gasteiger partial charge >= 0.3 is 0 Å². The zero-order valence-electron chi connectivity index (χ0n) is 14.5. The lowest BCUT2D eigenvalue weighted by Crippen LogP contribution is -2.19. The number of carbonyl (C=O) groups is 1. The van der Waals surface area contributed by atoms with Crippen LogP contribution in [0, 0.1) is 6.92 Å². The minimum Gasteiger partial charge on any atom is -0.325 e. The quantitative estimate of drug-likeness (QED) is 0.587. The Hall–Kier alpha value is -3.40. The number of imidazole rings is 1. The van der Waals surface area contributed by atoms with Crippen molar-refractivity contribution in [1.29, 1.82) is 0 Å². The molecule has 1 heterocycles. The molecule has 0 aliphatic heterocycles. The zero-order chi connectivity index (χ0) is 17.9. The highest BCUT2D eigenvalue weighted by atomic mass is 16.1. The maximum atomic E-state index is 12.6. The third-order valence-corrected chi connectivity index (χ3v) is 4.32. The second-order valence-corrected chi connectivity index (χ2v) is 6.29. The molecule has 1 aromatic heterocycles. The number of anilines is 1. The highest BCUT2D eigenvalue weighted by Crippen LogP contribution is 2.24. The number of benzene rings is 3. The summed E-state index contributed by atoms with van der Waals surface area (Å²) >= 11 is 0. The number of nitrogens with one attached hydrogen (secondary N) is 1. The van der Waals surface area contributed by atoms with E-state index < -0.39 is 0 Å². The van der Waals surface area contributed by atoms with Crippen molar-refractivity contribution in [2.75, 3.05) is 5.32 Å². The van der Waals surface area contributed by atoms with E-state index >= 15 is 0 Å². The maximum Gasteiger partial charge on any atom is 0.244 e. The summed E-state index contributed by atoms with van der Waals surface area (Å²) in [5.74, 6) is 0.722. The summed E-state index contributed by atoms with van der Waals surface area (Å²) in [4.78, 5) is 17.4. The van der Waals surface area contributed by atoms with Gasteiger partial charge in [-0.25, -0.2) is 4.98 Å². The van der Waals surface area contributed by atoms with E-state index in [9.17, 15) is 4.79 Å². The molecule has 0 aliphatic carbocycles. The van der Waals surface area contributed by atoms with Crippen LogP contribution in [0.5, 0.6) is 0 Å². The molecule has 0 aliphatic rings. The predicted molar refractivity (Wildman–Crippen MR) is 105 cm³/mol. The normalized spacial score (nSPS) is 10.8. The molecule has 0 unspecified atom stereocenters. The van der Waals surface area contributed by atoms with Gasteiger partial charge < -0.3 is 9.88 Å². The number of hydrogen-bond donors (Lipinski definition) is 1. The SMILES string of the molecule is Cc1ccc(NC(=O)Cn2c(-c3ccccc3)nc3ccccc32)cc1. The number of hydrogen-bond acceptors (Lipinski definition) is 2. The minimum absolute atomic E-state index is 0.0748. The molecule has 0 radical (unpaired) electrons. The topological polar surface area (TPSA) is 46.9 Å². The Morgan fingerprint density at radius 1 is 0.923 bits per heavy atom. The van der Waals surface area contributed by atoms with Crippen molar-refractivity contribution in [3.05, 3.63) is 84.4 Å². The number of amides is 1. The third kappa shape index (κ3) is 3.22. The van der Waals surface area contributed by atoms with Gasteiger partial charge in [0.25, 0.3) is 0 Å². The van der Waals surface area contributed by atoms with Gasteiger partial charge in [-0.15, -0.1) is 0 Å². The van der Waals surface area contributed by atoms with E-state index in [4.69, 9.17) is 4.98 Å². The maximum absolute atomic E-state index is 12.6. The number of rotatable bonds is 4. The van der Waals surface area contributed by atoms with E-state index in [1.54, 1.807) is 0 Å². The molecule has 128 valence electrons. The van der Waals surface area contributed by atoms with Crippen LogP contribution in [-0.2, 0) is 11.3 Å². The van der Waals surface area contributed by atoms with Crippen molar-refractivity contribution < 1.29 is 4.79 Å². The lowest BCUT2D eigenvalue weighted by atomic mass is 10.2. The molecule has 4 aromatic rings. The van der Waals surface area contributed by atoms with Crippen LogP contribution >= 0.6 is 0 Å². The molecule has 0 saturated carbocycles. The van der Waals surface area contributed by atoms with Gasteiger partial charge in [0.2, 0.25) is 5.91 Å². The van der Waals surface area contributed by atoms with Gasteiger partial charge in [0, 0.05) is 11.3 Å². The van der Waals surface area contributed by atoms with Crippen LogP contribution in [0.1, 0.15) is 5.56 Å². The molecule has 0 saturated heterocycles. The molecule has 3 aromatic carbocycles. The highest BCUT2D eigenvalue weighted by molar-refractivity contribution is 5.92. The van der Waals surface area contributed by atoms with Gasteiger partial charge in [0.05, 0.1) is 11.0 Å². The summed E-state index contributed by atoms with van der Waals surface area (Å²) < 4.78 is 1.97. The zero-order valence-corrected chi connectivity index (χ0v) is 14.5. The molecule has 4 nitrogen and oxygen atoms in total. The summed E-state index contributed by atoms with van der Waals surface area (Å²) in [7, 11) is 0. The van der Waals surface area contributed by atoms with Crippen molar-refractivity contribution in [2.24, 2.45) is 0 Å². The van der Waals surface area contributed by atoms with Crippen LogP contribution in [0.4, 0.5) is 5.69 Å². The first kappa shape index (κ1) is 16.1. The van der Waals surface area contributed by atoms with E-state index in [0.29, 0.717) is 0 Å². The predicted octanol–water partition coefficient (Wildman–Crippen LogP) is 4.65. The first-order chi connectivity index (χ1) is 12.7. The molecule has 26 heavy (non-hydrogen) atoms. The van der Waals surface area contributed by atoms with Crippen molar-refractivity contribution in [2.45, 2.75) is 13.5 Å². The monoisotopic (exact) mass is 341 g/mol. The van der Waals surface area contributed by atoms with E-state index in [1.807, 2.05) is 90.4 Å². The van der Waals surface area contributed by atoms with Crippen molar-refractivity contribution >= 4 is 22.6 Å². The fraction of sp³-hybridized carbons (Fsp3) is 0.0909. The second-order valence-electron chi connectivity index (χ2n) is 6.29. The molecule has 0 bridgehead atoms. The van der Waals surface area contributed by atoms with Crippen LogP contribution in [0.2, 0.25) is 0 Å². The number of fused-ring (bicyclic) bond motifs is 1. The van der Waals surface area contributed by atoms with Crippen molar-refractivity contribution in [3.8, 4) is 11.4 Å². The smallest absolute Gasteiger partial charge is 0.244 e. The lowest BCUT2D eigenvalue weighted by Gasteiger charge is -2.10. The van der Waals surface area contributed by atoms with E-state index in [0.717, 1.165) is 33.7 Å². The Kier molecular flexibility index (Phi) is 4.23. The third-order valence-electron chi connectivity index (χ3n) is 4.32. The summed E-state index contributed by atoms with van der Waals surface area (Å²) in [5, 5.41) is 2.96. The Bertz CT molecular complexity index is 1050. The molecule has 1 N–H and O–H groups in total. The standard InChI is InChI=1S/C22H19N3O/c1-16-11-13-18(14-12-16)23-21(26)15-25-20-10-6-5-9-19(20)24-22(25)17-7-3-2-4-8-17/h2-14H,15H2,1H3,(H,23,26). The lowest BCUT2D eigenvalue weighted by molar-refractivity contribution is -0.116.